The second-order valence-corrected chi connectivity index (χ2v) is 8.11. The van der Waals surface area contributed by atoms with Crippen molar-refractivity contribution in [1.82, 2.24) is 9.62 Å². The van der Waals surface area contributed by atoms with Gasteiger partial charge in [0.15, 0.2) is 5.11 Å². The van der Waals surface area contributed by atoms with Gasteiger partial charge in [-0.15, -0.1) is 0 Å². The van der Waals surface area contributed by atoms with Gasteiger partial charge in [0.05, 0.1) is 5.75 Å². The Morgan fingerprint density at radius 2 is 1.82 bits per heavy atom. The van der Waals surface area contributed by atoms with E-state index in [9.17, 15) is 8.42 Å². The van der Waals surface area contributed by atoms with Gasteiger partial charge in [0.2, 0.25) is 10.0 Å². The van der Waals surface area contributed by atoms with Crippen LogP contribution in [-0.4, -0.2) is 43.7 Å². The highest BCUT2D eigenvalue weighted by Gasteiger charge is 2.13. The number of nitrogens with one attached hydrogen (secondary N) is 2. The molecule has 0 radical (unpaired) electrons. The smallest absolute Gasteiger partial charge is 0.213 e. The molecule has 0 aliphatic heterocycles. The van der Waals surface area contributed by atoms with E-state index >= 15 is 0 Å². The van der Waals surface area contributed by atoms with Gasteiger partial charge in [0.25, 0.3) is 0 Å². The van der Waals surface area contributed by atoms with Crippen LogP contribution in [0.3, 0.4) is 0 Å². The lowest BCUT2D eigenvalue weighted by Gasteiger charge is -2.16. The van der Waals surface area contributed by atoms with Gasteiger partial charge in [-0.1, -0.05) is 6.07 Å². The van der Waals surface area contributed by atoms with Crippen molar-refractivity contribution >= 4 is 33.0 Å². The quantitative estimate of drug-likeness (QED) is 0.587. The van der Waals surface area contributed by atoms with E-state index in [1.807, 2.05) is 26.0 Å². The molecule has 1 aromatic carbocycles. The molecule has 0 saturated carbocycles. The first-order chi connectivity index (χ1) is 10.2. The molecule has 5 nitrogen and oxygen atoms in total. The second-order valence-electron chi connectivity index (χ2n) is 5.33. The van der Waals surface area contributed by atoms with E-state index in [2.05, 4.69) is 16.7 Å². The van der Waals surface area contributed by atoms with Gasteiger partial charge < -0.3 is 10.6 Å². The third-order valence-corrected chi connectivity index (χ3v) is 5.36. The molecule has 0 amide bonds. The molecule has 0 aliphatic carbocycles. The van der Waals surface area contributed by atoms with E-state index in [0.29, 0.717) is 24.6 Å². The lowest BCUT2D eigenvalue weighted by Crippen LogP contribution is -2.33. The van der Waals surface area contributed by atoms with Crippen molar-refractivity contribution in [3.05, 3.63) is 29.3 Å². The fraction of sp³-hybridized carbons (Fsp3) is 0.533. The standard InChI is InChI=1S/C15H25N3O2S2/c1-5-22(19,20)18(4)8-6-7-16-15(21)17-14-10-12(2)9-13(3)11-14/h9-11H,5-8H2,1-4H3,(H2,16,17,21). The summed E-state index contributed by atoms with van der Waals surface area (Å²) in [5, 5.41) is 6.78. The van der Waals surface area contributed by atoms with E-state index in [1.165, 1.54) is 15.4 Å². The van der Waals surface area contributed by atoms with Crippen LogP contribution < -0.4 is 10.6 Å². The summed E-state index contributed by atoms with van der Waals surface area (Å²) >= 11 is 5.24. The lowest BCUT2D eigenvalue weighted by atomic mass is 10.1. The van der Waals surface area contributed by atoms with Gasteiger partial charge in [0.1, 0.15) is 0 Å². The molecular formula is C15H25N3O2S2. The molecule has 0 atom stereocenters. The third-order valence-electron chi connectivity index (χ3n) is 3.25. The van der Waals surface area contributed by atoms with Crippen molar-refractivity contribution in [2.75, 3.05) is 31.2 Å². The average molecular weight is 344 g/mol. The van der Waals surface area contributed by atoms with Gasteiger partial charge in [-0.3, -0.25) is 0 Å². The van der Waals surface area contributed by atoms with Crippen LogP contribution in [0.5, 0.6) is 0 Å². The summed E-state index contributed by atoms with van der Waals surface area (Å²) < 4.78 is 24.6. The normalized spacial score (nSPS) is 11.5. The molecule has 124 valence electrons. The highest BCUT2D eigenvalue weighted by molar-refractivity contribution is 7.89. The number of thiocarbonyl (C=S) groups is 1. The lowest BCUT2D eigenvalue weighted by molar-refractivity contribution is 0.462. The van der Waals surface area contributed by atoms with Gasteiger partial charge in [-0.05, 0) is 62.7 Å². The largest absolute Gasteiger partial charge is 0.362 e. The number of aryl methyl sites for hydroxylation is 2. The van der Waals surface area contributed by atoms with Crippen molar-refractivity contribution in [3.63, 3.8) is 0 Å². The number of rotatable bonds is 7. The molecule has 7 heteroatoms. The molecule has 0 fully saturated rings. The Balaban J connectivity index is 2.35. The fourth-order valence-corrected chi connectivity index (χ4v) is 3.15. The zero-order valence-corrected chi connectivity index (χ0v) is 15.3. The highest BCUT2D eigenvalue weighted by atomic mass is 32.2. The van der Waals surface area contributed by atoms with Crippen LogP contribution in [0, 0.1) is 13.8 Å². The van der Waals surface area contributed by atoms with Crippen LogP contribution in [0.2, 0.25) is 0 Å². The van der Waals surface area contributed by atoms with Crippen molar-refractivity contribution in [2.24, 2.45) is 0 Å². The van der Waals surface area contributed by atoms with E-state index in [4.69, 9.17) is 12.2 Å². The third kappa shape index (κ3) is 6.29. The number of hydrogen-bond donors (Lipinski definition) is 2. The van der Waals surface area contributed by atoms with Crippen molar-refractivity contribution in [1.29, 1.82) is 0 Å². The van der Waals surface area contributed by atoms with Crippen LogP contribution >= 0.6 is 12.2 Å². The molecule has 0 spiro atoms. The maximum absolute atomic E-state index is 11.6. The minimum absolute atomic E-state index is 0.129. The molecule has 2 N–H and O–H groups in total. The van der Waals surface area contributed by atoms with E-state index in [0.717, 1.165) is 5.69 Å². The molecule has 0 aromatic heterocycles. The van der Waals surface area contributed by atoms with Crippen LogP contribution in [0.1, 0.15) is 24.5 Å². The molecule has 0 bridgehead atoms. The fourth-order valence-electron chi connectivity index (χ4n) is 2.09. The number of benzene rings is 1. The Morgan fingerprint density at radius 3 is 2.36 bits per heavy atom. The predicted molar refractivity (Wildman–Crippen MR) is 96.8 cm³/mol. The van der Waals surface area contributed by atoms with Crippen LogP contribution in [0.15, 0.2) is 18.2 Å². The number of nitrogens with zero attached hydrogens (tertiary/aromatic N) is 1. The van der Waals surface area contributed by atoms with E-state index < -0.39 is 10.0 Å². The maximum atomic E-state index is 11.6. The summed E-state index contributed by atoms with van der Waals surface area (Å²) in [5.41, 5.74) is 3.31. The Labute approximate surface area is 139 Å². The van der Waals surface area contributed by atoms with Crippen LogP contribution in [0.4, 0.5) is 5.69 Å². The molecule has 0 saturated heterocycles. The Kier molecular flexibility index (Phi) is 7.25. The molecule has 0 aliphatic rings. The van der Waals surface area contributed by atoms with Gasteiger partial charge in [0, 0.05) is 25.8 Å². The molecule has 1 aromatic rings. The Morgan fingerprint density at radius 1 is 1.23 bits per heavy atom. The molecule has 0 unspecified atom stereocenters. The summed E-state index contributed by atoms with van der Waals surface area (Å²) in [6.07, 6.45) is 0.699. The summed E-state index contributed by atoms with van der Waals surface area (Å²) in [7, 11) is -1.50. The molecule has 22 heavy (non-hydrogen) atoms. The van der Waals surface area contributed by atoms with Crippen LogP contribution in [0.25, 0.3) is 0 Å². The highest BCUT2D eigenvalue weighted by Crippen LogP contribution is 2.13. The van der Waals surface area contributed by atoms with Crippen molar-refractivity contribution < 1.29 is 8.42 Å². The predicted octanol–water partition coefficient (Wildman–Crippen LogP) is 2.26. The first kappa shape index (κ1) is 18.9. The summed E-state index contributed by atoms with van der Waals surface area (Å²) in [6, 6.07) is 6.16. The number of hydrogen-bond acceptors (Lipinski definition) is 3. The first-order valence-electron chi connectivity index (χ1n) is 7.31. The first-order valence-corrected chi connectivity index (χ1v) is 9.33. The molecular weight excluding hydrogens is 318 g/mol. The maximum Gasteiger partial charge on any atom is 0.213 e. The topological polar surface area (TPSA) is 61.4 Å². The molecule has 0 heterocycles. The van der Waals surface area contributed by atoms with Gasteiger partial charge in [-0.2, -0.15) is 0 Å². The van der Waals surface area contributed by atoms with E-state index in [1.54, 1.807) is 14.0 Å². The summed E-state index contributed by atoms with van der Waals surface area (Å²) in [5.74, 6) is 0.129. The van der Waals surface area contributed by atoms with E-state index in [-0.39, 0.29) is 5.75 Å². The average Bonchev–Trinajstić information content (AvgIpc) is 2.42. The number of anilines is 1. The minimum Gasteiger partial charge on any atom is -0.362 e. The van der Waals surface area contributed by atoms with Crippen molar-refractivity contribution in [3.8, 4) is 0 Å². The summed E-state index contributed by atoms with van der Waals surface area (Å²) in [4.78, 5) is 0. The van der Waals surface area contributed by atoms with Gasteiger partial charge in [-0.25, -0.2) is 12.7 Å². The monoisotopic (exact) mass is 343 g/mol. The van der Waals surface area contributed by atoms with Crippen molar-refractivity contribution in [2.45, 2.75) is 27.2 Å². The zero-order chi connectivity index (χ0) is 16.8. The van der Waals surface area contributed by atoms with Gasteiger partial charge >= 0.3 is 0 Å². The summed E-state index contributed by atoms with van der Waals surface area (Å²) in [6.45, 7) is 6.83. The SMILES string of the molecule is CCS(=O)(=O)N(C)CCCNC(=S)Nc1cc(C)cc(C)c1. The Bertz CT molecular complexity index is 595. The molecule has 1 rings (SSSR count). The minimum atomic E-state index is -3.10. The Hall–Kier alpha value is -1.18. The zero-order valence-electron chi connectivity index (χ0n) is 13.6. The van der Waals surface area contributed by atoms with Crippen LogP contribution in [-0.2, 0) is 10.0 Å². The second kappa shape index (κ2) is 8.45. The number of sulfonamides is 1.